The first kappa shape index (κ1) is 16.2. The van der Waals surface area contributed by atoms with Crippen LogP contribution >= 0.6 is 0 Å². The van der Waals surface area contributed by atoms with Crippen LogP contribution in [0.4, 0.5) is 4.79 Å². The van der Waals surface area contributed by atoms with Crippen molar-refractivity contribution < 1.29 is 29.3 Å². The van der Waals surface area contributed by atoms with Gasteiger partial charge in [-0.25, -0.2) is 4.79 Å². The molecule has 0 aromatic heterocycles. The second kappa shape index (κ2) is 6.80. The molecular weight excluding hydrogens is 244 g/mol. The predicted octanol–water partition coefficient (Wildman–Crippen LogP) is -0.408. The number of carbonyl (C=O) groups excluding carboxylic acids is 1. The van der Waals surface area contributed by atoms with Crippen molar-refractivity contribution in [2.45, 2.75) is 19.4 Å². The number of rotatable bonds is 7. The maximum Gasteiger partial charge on any atom is 0.323 e. The smallest absolute Gasteiger partial charge is 0.323 e. The van der Waals surface area contributed by atoms with E-state index in [4.69, 9.17) is 14.9 Å². The van der Waals surface area contributed by atoms with E-state index in [1.807, 2.05) is 0 Å². The van der Waals surface area contributed by atoms with Crippen molar-refractivity contribution in [1.82, 2.24) is 10.2 Å². The first-order chi connectivity index (χ1) is 8.18. The van der Waals surface area contributed by atoms with Gasteiger partial charge in [-0.3, -0.25) is 9.59 Å². The zero-order valence-corrected chi connectivity index (χ0v) is 10.6. The summed E-state index contributed by atoms with van der Waals surface area (Å²) in [5.41, 5.74) is -0.617. The van der Waals surface area contributed by atoms with E-state index >= 15 is 0 Å². The van der Waals surface area contributed by atoms with Gasteiger partial charge in [-0.2, -0.15) is 0 Å². The molecule has 8 nitrogen and oxygen atoms in total. The monoisotopic (exact) mass is 262 g/mol. The van der Waals surface area contributed by atoms with E-state index in [1.165, 1.54) is 7.11 Å². The molecule has 0 aromatic rings. The third kappa shape index (κ3) is 6.69. The van der Waals surface area contributed by atoms with Crippen LogP contribution in [0.3, 0.4) is 0 Å². The van der Waals surface area contributed by atoms with E-state index in [-0.39, 0.29) is 6.54 Å². The molecule has 0 fully saturated rings. The Kier molecular flexibility index (Phi) is 6.11. The fourth-order valence-electron chi connectivity index (χ4n) is 0.999. The van der Waals surface area contributed by atoms with Gasteiger partial charge in [0, 0.05) is 13.7 Å². The number of carboxylic acids is 2. The van der Waals surface area contributed by atoms with E-state index in [2.05, 4.69) is 5.32 Å². The highest BCUT2D eigenvalue weighted by molar-refractivity contribution is 5.84. The van der Waals surface area contributed by atoms with Crippen molar-refractivity contribution in [3.63, 3.8) is 0 Å². The normalized spacial score (nSPS) is 10.8. The Labute approximate surface area is 105 Å². The van der Waals surface area contributed by atoms with Crippen LogP contribution in [-0.2, 0) is 14.3 Å². The molecule has 0 saturated carbocycles. The van der Waals surface area contributed by atoms with Gasteiger partial charge in [0.05, 0.1) is 5.60 Å². The number of aliphatic carboxylic acids is 2. The van der Waals surface area contributed by atoms with E-state index in [9.17, 15) is 14.4 Å². The topological polar surface area (TPSA) is 116 Å². The minimum atomic E-state index is -1.28. The van der Waals surface area contributed by atoms with Crippen LogP contribution in [0.2, 0.25) is 0 Å². The fraction of sp³-hybridized carbons (Fsp3) is 0.700. The maximum atomic E-state index is 11.6. The molecule has 0 spiro atoms. The summed E-state index contributed by atoms with van der Waals surface area (Å²) < 4.78 is 5.06. The second-order valence-corrected chi connectivity index (χ2v) is 4.27. The summed E-state index contributed by atoms with van der Waals surface area (Å²) in [6, 6.07) is -0.759. The number of carbonyl (C=O) groups is 3. The number of hydrogen-bond acceptors (Lipinski definition) is 4. The Balaban J connectivity index is 4.46. The lowest BCUT2D eigenvalue weighted by Gasteiger charge is -2.25. The number of nitrogens with zero attached hydrogens (tertiary/aromatic N) is 1. The number of hydrogen-bond donors (Lipinski definition) is 3. The Bertz CT molecular complexity index is 312. The Morgan fingerprint density at radius 2 is 1.61 bits per heavy atom. The largest absolute Gasteiger partial charge is 0.480 e. The Hall–Kier alpha value is -1.83. The van der Waals surface area contributed by atoms with Gasteiger partial charge in [0.2, 0.25) is 0 Å². The van der Waals surface area contributed by atoms with E-state index in [0.717, 1.165) is 0 Å². The summed E-state index contributed by atoms with van der Waals surface area (Å²) in [5, 5.41) is 19.6. The van der Waals surface area contributed by atoms with Crippen molar-refractivity contribution in [3.05, 3.63) is 0 Å². The molecule has 2 amide bonds. The highest BCUT2D eigenvalue weighted by atomic mass is 16.5. The van der Waals surface area contributed by atoms with Gasteiger partial charge < -0.3 is 25.2 Å². The molecular formula is C10H18N2O6. The molecule has 0 radical (unpaired) electrons. The van der Waals surface area contributed by atoms with Crippen LogP contribution in [0.1, 0.15) is 13.8 Å². The zero-order chi connectivity index (χ0) is 14.3. The molecule has 0 unspecified atom stereocenters. The highest BCUT2D eigenvalue weighted by Crippen LogP contribution is 2.05. The summed E-state index contributed by atoms with van der Waals surface area (Å²) in [5.74, 6) is -2.56. The minimum absolute atomic E-state index is 0.137. The summed E-state index contributed by atoms with van der Waals surface area (Å²) in [6.07, 6.45) is 0. The van der Waals surface area contributed by atoms with Crippen molar-refractivity contribution in [1.29, 1.82) is 0 Å². The molecule has 18 heavy (non-hydrogen) atoms. The summed E-state index contributed by atoms with van der Waals surface area (Å²) >= 11 is 0. The molecule has 0 aliphatic heterocycles. The lowest BCUT2D eigenvalue weighted by molar-refractivity contribution is -0.140. The molecule has 0 atom stereocenters. The number of nitrogens with one attached hydrogen (secondary N) is 1. The molecule has 0 bridgehead atoms. The van der Waals surface area contributed by atoms with Gasteiger partial charge >= 0.3 is 18.0 Å². The first-order valence-corrected chi connectivity index (χ1v) is 5.19. The number of methoxy groups -OCH3 is 1. The van der Waals surface area contributed by atoms with Gasteiger partial charge in [0.15, 0.2) is 0 Å². The average Bonchev–Trinajstić information content (AvgIpc) is 2.24. The Morgan fingerprint density at radius 1 is 1.17 bits per heavy atom. The molecule has 0 saturated heterocycles. The molecule has 104 valence electrons. The maximum absolute atomic E-state index is 11.6. The first-order valence-electron chi connectivity index (χ1n) is 5.19. The van der Waals surface area contributed by atoms with Crippen LogP contribution in [0.5, 0.6) is 0 Å². The SMILES string of the molecule is COC(C)(C)CNC(=O)N(CC(=O)O)CC(=O)O. The summed E-state index contributed by atoms with van der Waals surface area (Å²) in [6.45, 7) is 2.24. The van der Waals surface area contributed by atoms with E-state index in [0.29, 0.717) is 4.90 Å². The lowest BCUT2D eigenvalue weighted by Crippen LogP contribution is -2.49. The molecule has 0 heterocycles. The third-order valence-electron chi connectivity index (χ3n) is 2.16. The van der Waals surface area contributed by atoms with Crippen molar-refractivity contribution in [3.8, 4) is 0 Å². The van der Waals surface area contributed by atoms with Crippen LogP contribution in [-0.4, -0.2) is 65.4 Å². The highest BCUT2D eigenvalue weighted by Gasteiger charge is 2.22. The minimum Gasteiger partial charge on any atom is -0.480 e. The van der Waals surface area contributed by atoms with Gasteiger partial charge in [-0.15, -0.1) is 0 Å². The van der Waals surface area contributed by atoms with E-state index in [1.54, 1.807) is 13.8 Å². The molecule has 3 N–H and O–H groups in total. The molecule has 8 heteroatoms. The van der Waals surface area contributed by atoms with Crippen LogP contribution in [0.15, 0.2) is 0 Å². The molecule has 0 aliphatic carbocycles. The average molecular weight is 262 g/mol. The van der Waals surface area contributed by atoms with Gasteiger partial charge in [-0.05, 0) is 13.8 Å². The van der Waals surface area contributed by atoms with Gasteiger partial charge in [-0.1, -0.05) is 0 Å². The van der Waals surface area contributed by atoms with Gasteiger partial charge in [0.25, 0.3) is 0 Å². The van der Waals surface area contributed by atoms with E-state index < -0.39 is 36.7 Å². The zero-order valence-electron chi connectivity index (χ0n) is 10.6. The number of urea groups is 1. The van der Waals surface area contributed by atoms with Crippen molar-refractivity contribution >= 4 is 18.0 Å². The summed E-state index contributed by atoms with van der Waals surface area (Å²) in [4.78, 5) is 33.3. The predicted molar refractivity (Wildman–Crippen MR) is 61.3 cm³/mol. The van der Waals surface area contributed by atoms with Crippen LogP contribution in [0.25, 0.3) is 0 Å². The molecule has 0 rings (SSSR count). The van der Waals surface area contributed by atoms with Crippen LogP contribution in [0, 0.1) is 0 Å². The molecule has 0 aromatic carbocycles. The quantitative estimate of drug-likeness (QED) is 0.574. The van der Waals surface area contributed by atoms with Crippen molar-refractivity contribution in [2.24, 2.45) is 0 Å². The number of carboxylic acid groups (broad SMARTS) is 2. The van der Waals surface area contributed by atoms with Gasteiger partial charge in [0.1, 0.15) is 13.1 Å². The standard InChI is InChI=1S/C10H18N2O6/c1-10(2,18-3)6-11-9(17)12(4-7(13)14)5-8(15)16/h4-6H2,1-3H3,(H,11,17)(H,13,14)(H,15,16). The third-order valence-corrected chi connectivity index (χ3v) is 2.16. The van der Waals surface area contributed by atoms with Crippen molar-refractivity contribution in [2.75, 3.05) is 26.7 Å². The lowest BCUT2D eigenvalue weighted by atomic mass is 10.1. The van der Waals surface area contributed by atoms with Crippen LogP contribution < -0.4 is 5.32 Å². The second-order valence-electron chi connectivity index (χ2n) is 4.27. The summed E-state index contributed by atoms with van der Waals surface area (Å²) in [7, 11) is 1.47. The molecule has 0 aliphatic rings. The number of ether oxygens (including phenoxy) is 1. The number of amides is 2. The fourth-order valence-corrected chi connectivity index (χ4v) is 0.999. The Morgan fingerprint density at radius 3 is 1.94 bits per heavy atom.